The van der Waals surface area contributed by atoms with Crippen molar-refractivity contribution in [3.8, 4) is 11.3 Å². The first-order chi connectivity index (χ1) is 13.3. The minimum Gasteiger partial charge on any atom is -0.258 e. The molecular formula is C18H14N4O5S. The monoisotopic (exact) mass is 398 g/mol. The van der Waals surface area contributed by atoms with Crippen LogP contribution in [0.4, 0.5) is 10.5 Å². The standard InChI is InChI=1S/C18H14N4O5S/c1-12-2-8-16(9-3-12)28(26,27)20-11-15-10-17(19-21(15)18(20)23)13-4-6-14(7-5-13)22(24)25/h2-10H,11H2,1H3. The number of aryl methyl sites for hydroxylation is 1. The SMILES string of the molecule is Cc1ccc(S(=O)(=O)N2Cc3cc(-c4ccc([N+](=O)[O-])cc4)nn3C2=O)cc1. The average molecular weight is 398 g/mol. The van der Waals surface area contributed by atoms with Crippen molar-refractivity contribution in [3.05, 3.63) is 76.0 Å². The van der Waals surface area contributed by atoms with Crippen molar-refractivity contribution in [2.24, 2.45) is 0 Å². The molecule has 9 nitrogen and oxygen atoms in total. The van der Waals surface area contributed by atoms with Crippen molar-refractivity contribution in [1.29, 1.82) is 0 Å². The summed E-state index contributed by atoms with van der Waals surface area (Å²) in [4.78, 5) is 22.9. The van der Waals surface area contributed by atoms with E-state index in [1.54, 1.807) is 18.2 Å². The van der Waals surface area contributed by atoms with E-state index in [4.69, 9.17) is 0 Å². The normalized spacial score (nSPS) is 13.6. The molecule has 0 fully saturated rings. The third kappa shape index (κ3) is 2.83. The van der Waals surface area contributed by atoms with E-state index in [0.29, 0.717) is 17.0 Å². The lowest BCUT2D eigenvalue weighted by Gasteiger charge is -2.15. The summed E-state index contributed by atoms with van der Waals surface area (Å²) in [7, 11) is -3.99. The third-order valence-electron chi connectivity index (χ3n) is 4.47. The lowest BCUT2D eigenvalue weighted by molar-refractivity contribution is -0.384. The van der Waals surface area contributed by atoms with Crippen LogP contribution in [0.2, 0.25) is 0 Å². The minimum atomic E-state index is -3.99. The fourth-order valence-electron chi connectivity index (χ4n) is 2.94. The molecule has 0 radical (unpaired) electrons. The molecule has 0 saturated heterocycles. The van der Waals surface area contributed by atoms with Crippen LogP contribution in [0.5, 0.6) is 0 Å². The number of benzene rings is 2. The van der Waals surface area contributed by atoms with Gasteiger partial charge >= 0.3 is 6.03 Å². The van der Waals surface area contributed by atoms with Crippen molar-refractivity contribution in [2.45, 2.75) is 18.4 Å². The predicted molar refractivity (Wildman–Crippen MR) is 99.0 cm³/mol. The van der Waals surface area contributed by atoms with Crippen molar-refractivity contribution in [3.63, 3.8) is 0 Å². The highest BCUT2D eigenvalue weighted by Gasteiger charge is 2.38. The number of amides is 1. The number of fused-ring (bicyclic) bond motifs is 1. The number of aromatic nitrogens is 2. The second kappa shape index (κ2) is 6.27. The number of hydrogen-bond donors (Lipinski definition) is 0. The Morgan fingerprint density at radius 2 is 1.71 bits per heavy atom. The second-order valence-electron chi connectivity index (χ2n) is 6.34. The summed E-state index contributed by atoms with van der Waals surface area (Å²) in [5, 5.41) is 14.9. The van der Waals surface area contributed by atoms with E-state index in [-0.39, 0.29) is 17.1 Å². The molecule has 0 aliphatic carbocycles. The summed E-state index contributed by atoms with van der Waals surface area (Å²) in [6.45, 7) is 1.71. The highest BCUT2D eigenvalue weighted by atomic mass is 32.2. The van der Waals surface area contributed by atoms with Crippen LogP contribution in [-0.2, 0) is 16.6 Å². The van der Waals surface area contributed by atoms with Gasteiger partial charge in [-0.05, 0) is 37.3 Å². The van der Waals surface area contributed by atoms with Crippen LogP contribution in [0.1, 0.15) is 11.3 Å². The molecule has 4 rings (SSSR count). The van der Waals surface area contributed by atoms with Gasteiger partial charge in [-0.3, -0.25) is 10.1 Å². The van der Waals surface area contributed by atoms with Crippen molar-refractivity contribution in [1.82, 2.24) is 14.1 Å². The van der Waals surface area contributed by atoms with Gasteiger partial charge in [0.25, 0.3) is 15.7 Å². The second-order valence-corrected chi connectivity index (χ2v) is 8.21. The zero-order chi connectivity index (χ0) is 20.1. The summed E-state index contributed by atoms with van der Waals surface area (Å²) in [6.07, 6.45) is 0. The Kier molecular flexibility index (Phi) is 4.00. The van der Waals surface area contributed by atoms with Gasteiger partial charge in [0.2, 0.25) is 0 Å². The largest absolute Gasteiger partial charge is 0.359 e. The average Bonchev–Trinajstić information content (AvgIpc) is 3.22. The van der Waals surface area contributed by atoms with Gasteiger partial charge in [0, 0.05) is 17.7 Å². The van der Waals surface area contributed by atoms with Gasteiger partial charge in [-0.1, -0.05) is 17.7 Å². The number of rotatable bonds is 4. The zero-order valence-corrected chi connectivity index (χ0v) is 15.5. The molecule has 1 aliphatic heterocycles. The van der Waals surface area contributed by atoms with E-state index in [0.717, 1.165) is 14.6 Å². The summed E-state index contributed by atoms with van der Waals surface area (Å²) < 4.78 is 27.4. The number of nitro benzene ring substituents is 1. The van der Waals surface area contributed by atoms with E-state index in [2.05, 4.69) is 5.10 Å². The van der Waals surface area contributed by atoms with Crippen LogP contribution in [0.3, 0.4) is 0 Å². The van der Waals surface area contributed by atoms with Crippen molar-refractivity contribution < 1.29 is 18.1 Å². The number of carbonyl (C=O) groups is 1. The Hall–Kier alpha value is -3.53. The molecule has 142 valence electrons. The Morgan fingerprint density at radius 1 is 1.07 bits per heavy atom. The van der Waals surface area contributed by atoms with Crippen LogP contribution < -0.4 is 0 Å². The summed E-state index contributed by atoms with van der Waals surface area (Å²) in [5.74, 6) is 0. The fraction of sp³-hybridized carbons (Fsp3) is 0.111. The fourth-order valence-corrected chi connectivity index (χ4v) is 4.26. The van der Waals surface area contributed by atoms with E-state index >= 15 is 0 Å². The van der Waals surface area contributed by atoms with Crippen molar-refractivity contribution in [2.75, 3.05) is 0 Å². The molecule has 0 spiro atoms. The van der Waals surface area contributed by atoms with Crippen LogP contribution in [0.15, 0.2) is 59.5 Å². The lowest BCUT2D eigenvalue weighted by atomic mass is 10.1. The first-order valence-corrected chi connectivity index (χ1v) is 9.69. The molecule has 10 heteroatoms. The van der Waals surface area contributed by atoms with Crippen LogP contribution in [0.25, 0.3) is 11.3 Å². The zero-order valence-electron chi connectivity index (χ0n) is 14.6. The highest BCUT2D eigenvalue weighted by Crippen LogP contribution is 2.29. The maximum absolute atomic E-state index is 12.8. The molecule has 28 heavy (non-hydrogen) atoms. The third-order valence-corrected chi connectivity index (χ3v) is 6.20. The molecule has 2 heterocycles. The molecule has 0 saturated carbocycles. The summed E-state index contributed by atoms with van der Waals surface area (Å²) in [6, 6.07) is 12.8. The molecular weight excluding hydrogens is 384 g/mol. The van der Waals surface area contributed by atoms with Gasteiger partial charge in [-0.2, -0.15) is 9.78 Å². The molecule has 1 aliphatic rings. The van der Waals surface area contributed by atoms with E-state index < -0.39 is 21.0 Å². The number of hydrogen-bond acceptors (Lipinski definition) is 6. The Morgan fingerprint density at radius 3 is 2.29 bits per heavy atom. The van der Waals surface area contributed by atoms with Crippen LogP contribution in [-0.4, -0.2) is 33.5 Å². The molecule has 1 amide bonds. The first-order valence-electron chi connectivity index (χ1n) is 8.25. The molecule has 0 atom stereocenters. The molecule has 0 N–H and O–H groups in total. The number of nitro groups is 1. The topological polar surface area (TPSA) is 115 Å². The Bertz CT molecular complexity index is 1200. The van der Waals surface area contributed by atoms with Crippen LogP contribution in [0, 0.1) is 17.0 Å². The van der Waals surface area contributed by atoms with Gasteiger partial charge in [-0.15, -0.1) is 0 Å². The number of non-ortho nitro benzene ring substituents is 1. The molecule has 0 bridgehead atoms. The Labute approximate surface area is 160 Å². The first kappa shape index (κ1) is 17.9. The van der Waals surface area contributed by atoms with Gasteiger partial charge in [0.15, 0.2) is 0 Å². The number of sulfonamides is 1. The van der Waals surface area contributed by atoms with Gasteiger partial charge in [0.05, 0.1) is 27.8 Å². The molecule has 3 aromatic rings. The number of carbonyl (C=O) groups excluding carboxylic acids is 1. The molecule has 2 aromatic carbocycles. The summed E-state index contributed by atoms with van der Waals surface area (Å²) in [5.41, 5.74) is 2.31. The molecule has 0 unspecified atom stereocenters. The predicted octanol–water partition coefficient (Wildman–Crippen LogP) is 2.94. The maximum Gasteiger partial charge on any atom is 0.359 e. The van der Waals surface area contributed by atoms with E-state index in [1.807, 2.05) is 6.92 Å². The van der Waals surface area contributed by atoms with Crippen LogP contribution >= 0.6 is 0 Å². The Balaban J connectivity index is 1.63. The van der Waals surface area contributed by atoms with E-state index in [9.17, 15) is 23.3 Å². The minimum absolute atomic E-state index is 0.0350. The maximum atomic E-state index is 12.8. The quantitative estimate of drug-likeness (QED) is 0.493. The van der Waals surface area contributed by atoms with Crippen molar-refractivity contribution >= 4 is 21.7 Å². The lowest BCUT2D eigenvalue weighted by Crippen LogP contribution is -2.33. The number of nitrogens with zero attached hydrogens (tertiary/aromatic N) is 4. The van der Waals surface area contributed by atoms with Gasteiger partial charge < -0.3 is 0 Å². The molecule has 1 aromatic heterocycles. The summed E-state index contributed by atoms with van der Waals surface area (Å²) >= 11 is 0. The smallest absolute Gasteiger partial charge is 0.258 e. The van der Waals surface area contributed by atoms with Gasteiger partial charge in [-0.25, -0.2) is 17.5 Å². The van der Waals surface area contributed by atoms with E-state index in [1.165, 1.54) is 36.4 Å². The highest BCUT2D eigenvalue weighted by molar-refractivity contribution is 7.89. The van der Waals surface area contributed by atoms with Gasteiger partial charge in [0.1, 0.15) is 0 Å².